The molecule has 0 amide bonds. The number of aromatic nitrogens is 3. The maximum atomic E-state index is 12.0. The maximum Gasteiger partial charge on any atom is 0.259 e. The van der Waals surface area contributed by atoms with Gasteiger partial charge in [0.25, 0.3) is 5.56 Å². The van der Waals surface area contributed by atoms with E-state index < -0.39 is 0 Å². The quantitative estimate of drug-likeness (QED) is 0.673. The van der Waals surface area contributed by atoms with Crippen LogP contribution in [0.5, 0.6) is 0 Å². The van der Waals surface area contributed by atoms with Crippen molar-refractivity contribution >= 4 is 21.4 Å². The van der Waals surface area contributed by atoms with Gasteiger partial charge in [0.2, 0.25) is 6.39 Å². The molecule has 0 saturated carbocycles. The topological polar surface area (TPSA) is 60.9 Å². The molecule has 5 nitrogen and oxygen atoms in total. The smallest absolute Gasteiger partial charge is 0.259 e. The highest BCUT2D eigenvalue weighted by Gasteiger charge is 2.06. The van der Waals surface area contributed by atoms with Crippen molar-refractivity contribution in [1.29, 1.82) is 0 Å². The molecule has 0 aliphatic carbocycles. The number of hydrogen-bond donors (Lipinski definition) is 0. The van der Waals surface area contributed by atoms with E-state index in [4.69, 9.17) is 0 Å². The Morgan fingerprint density at radius 3 is 3.19 bits per heavy atom. The van der Waals surface area contributed by atoms with E-state index in [1.807, 2.05) is 17.5 Å². The van der Waals surface area contributed by atoms with Gasteiger partial charge in [-0.3, -0.25) is 4.79 Å². The van der Waals surface area contributed by atoms with Gasteiger partial charge in [-0.25, -0.2) is 0 Å². The van der Waals surface area contributed by atoms with Crippen LogP contribution >= 0.6 is 11.3 Å². The Morgan fingerprint density at radius 2 is 2.38 bits per heavy atom. The van der Waals surface area contributed by atoms with Crippen molar-refractivity contribution < 1.29 is 4.52 Å². The van der Waals surface area contributed by atoms with Crippen molar-refractivity contribution in [2.45, 2.75) is 6.54 Å². The van der Waals surface area contributed by atoms with Crippen molar-refractivity contribution in [2.24, 2.45) is 0 Å². The molecule has 6 heteroatoms. The fourth-order valence-corrected chi connectivity index (χ4v) is 2.32. The second-order valence-electron chi connectivity index (χ2n) is 3.29. The summed E-state index contributed by atoms with van der Waals surface area (Å²) in [7, 11) is 0. The van der Waals surface area contributed by atoms with Crippen LogP contribution in [0.4, 0.5) is 0 Å². The molecule has 0 unspecified atom stereocenters. The third-order valence-electron chi connectivity index (χ3n) is 2.31. The van der Waals surface area contributed by atoms with E-state index in [1.165, 1.54) is 6.39 Å². The number of nitrogens with zero attached hydrogens (tertiary/aromatic N) is 3. The molecule has 0 radical (unpaired) electrons. The van der Waals surface area contributed by atoms with E-state index in [1.54, 1.807) is 22.1 Å². The molecule has 3 heterocycles. The molecule has 0 fully saturated rings. The van der Waals surface area contributed by atoms with Gasteiger partial charge in [0.1, 0.15) is 0 Å². The minimum absolute atomic E-state index is 0.0245. The Morgan fingerprint density at radius 1 is 1.44 bits per heavy atom. The van der Waals surface area contributed by atoms with E-state index in [0.29, 0.717) is 12.4 Å². The number of hydrogen-bond acceptors (Lipinski definition) is 5. The standard InChI is InChI=1S/C10H7N3O2S/c14-10-7-2-4-16-8(7)1-3-13(10)5-9-11-6-15-12-9/h1-4,6H,5H2. The molecule has 80 valence electrons. The van der Waals surface area contributed by atoms with Crippen molar-refractivity contribution in [3.05, 3.63) is 46.3 Å². The second kappa shape index (κ2) is 3.57. The average molecular weight is 233 g/mol. The van der Waals surface area contributed by atoms with Crippen molar-refractivity contribution in [3.63, 3.8) is 0 Å². The molecule has 16 heavy (non-hydrogen) atoms. The van der Waals surface area contributed by atoms with Gasteiger partial charge in [0, 0.05) is 10.9 Å². The number of rotatable bonds is 2. The summed E-state index contributed by atoms with van der Waals surface area (Å²) in [4.78, 5) is 15.9. The summed E-state index contributed by atoms with van der Waals surface area (Å²) >= 11 is 1.56. The Labute approximate surface area is 94.0 Å². The van der Waals surface area contributed by atoms with Crippen LogP contribution in [0.3, 0.4) is 0 Å². The van der Waals surface area contributed by atoms with Crippen LogP contribution in [0, 0.1) is 0 Å². The lowest BCUT2D eigenvalue weighted by Crippen LogP contribution is -2.19. The van der Waals surface area contributed by atoms with Gasteiger partial charge >= 0.3 is 0 Å². The molecular formula is C10H7N3O2S. The van der Waals surface area contributed by atoms with E-state index in [-0.39, 0.29) is 5.56 Å². The fraction of sp³-hybridized carbons (Fsp3) is 0.100. The van der Waals surface area contributed by atoms with Crippen LogP contribution in [0.1, 0.15) is 5.82 Å². The van der Waals surface area contributed by atoms with Crippen molar-refractivity contribution in [3.8, 4) is 0 Å². The Bertz CT molecular complexity index is 669. The molecule has 0 aromatic carbocycles. The van der Waals surface area contributed by atoms with Crippen LogP contribution in [-0.2, 0) is 6.54 Å². The lowest BCUT2D eigenvalue weighted by atomic mass is 10.3. The highest BCUT2D eigenvalue weighted by Crippen LogP contribution is 2.16. The van der Waals surface area contributed by atoms with Crippen LogP contribution in [0.2, 0.25) is 0 Å². The largest absolute Gasteiger partial charge is 0.343 e. The zero-order chi connectivity index (χ0) is 11.0. The number of thiophene rings is 1. The van der Waals surface area contributed by atoms with Crippen LogP contribution in [-0.4, -0.2) is 14.7 Å². The van der Waals surface area contributed by atoms with Gasteiger partial charge in [-0.1, -0.05) is 5.16 Å². The minimum Gasteiger partial charge on any atom is -0.343 e. The minimum atomic E-state index is -0.0245. The zero-order valence-corrected chi connectivity index (χ0v) is 8.98. The summed E-state index contributed by atoms with van der Waals surface area (Å²) in [5, 5.41) is 6.32. The fourth-order valence-electron chi connectivity index (χ4n) is 1.55. The monoisotopic (exact) mass is 233 g/mol. The summed E-state index contributed by atoms with van der Waals surface area (Å²) in [6.07, 6.45) is 3.00. The summed E-state index contributed by atoms with van der Waals surface area (Å²) in [5.41, 5.74) is -0.0245. The van der Waals surface area contributed by atoms with Crippen molar-refractivity contribution in [2.75, 3.05) is 0 Å². The van der Waals surface area contributed by atoms with Crippen LogP contribution in [0.15, 0.2) is 39.4 Å². The first-order valence-electron chi connectivity index (χ1n) is 4.66. The summed E-state index contributed by atoms with van der Waals surface area (Å²) in [5.74, 6) is 0.497. The van der Waals surface area contributed by atoms with E-state index in [2.05, 4.69) is 14.7 Å². The molecule has 0 bridgehead atoms. The lowest BCUT2D eigenvalue weighted by molar-refractivity contribution is 0.408. The van der Waals surface area contributed by atoms with Gasteiger partial charge in [-0.15, -0.1) is 11.3 Å². The van der Waals surface area contributed by atoms with E-state index in [0.717, 1.165) is 10.1 Å². The van der Waals surface area contributed by atoms with E-state index >= 15 is 0 Å². The zero-order valence-electron chi connectivity index (χ0n) is 8.16. The summed E-state index contributed by atoms with van der Waals surface area (Å²) < 4.78 is 7.19. The molecule has 0 aliphatic heterocycles. The molecule has 0 spiro atoms. The predicted molar refractivity (Wildman–Crippen MR) is 59.5 cm³/mol. The normalized spacial score (nSPS) is 11.0. The molecule has 0 N–H and O–H groups in total. The Balaban J connectivity index is 2.10. The van der Waals surface area contributed by atoms with Crippen LogP contribution < -0.4 is 5.56 Å². The van der Waals surface area contributed by atoms with Gasteiger partial charge in [-0.2, -0.15) is 4.98 Å². The third-order valence-corrected chi connectivity index (χ3v) is 3.19. The first kappa shape index (κ1) is 9.29. The highest BCUT2D eigenvalue weighted by molar-refractivity contribution is 7.17. The SMILES string of the molecule is O=c1c2ccsc2ccn1Cc1ncon1. The first-order valence-corrected chi connectivity index (χ1v) is 5.54. The molecule has 3 aromatic heterocycles. The van der Waals surface area contributed by atoms with Gasteiger partial charge in [-0.05, 0) is 17.5 Å². The number of fused-ring (bicyclic) bond motifs is 1. The molecule has 0 atom stereocenters. The Hall–Kier alpha value is -1.95. The lowest BCUT2D eigenvalue weighted by Gasteiger charge is -2.01. The number of pyridine rings is 1. The summed E-state index contributed by atoms with van der Waals surface area (Å²) in [6, 6.07) is 3.75. The average Bonchev–Trinajstić information content (AvgIpc) is 2.93. The molecule has 3 aromatic rings. The summed E-state index contributed by atoms with van der Waals surface area (Å²) in [6.45, 7) is 0.334. The molecule has 0 saturated heterocycles. The third kappa shape index (κ3) is 1.43. The molecular weight excluding hydrogens is 226 g/mol. The van der Waals surface area contributed by atoms with E-state index in [9.17, 15) is 4.79 Å². The van der Waals surface area contributed by atoms with Crippen molar-refractivity contribution in [1.82, 2.24) is 14.7 Å². The first-order chi connectivity index (χ1) is 7.84. The van der Waals surface area contributed by atoms with Gasteiger partial charge < -0.3 is 9.09 Å². The highest BCUT2D eigenvalue weighted by atomic mass is 32.1. The molecule has 3 rings (SSSR count). The van der Waals surface area contributed by atoms with Gasteiger partial charge in [0.05, 0.1) is 11.9 Å². The molecule has 0 aliphatic rings. The van der Waals surface area contributed by atoms with Gasteiger partial charge in [0.15, 0.2) is 5.82 Å². The Kier molecular flexibility index (Phi) is 2.07. The predicted octanol–water partition coefficient (Wildman–Crippen LogP) is 1.49. The maximum absolute atomic E-state index is 12.0. The second-order valence-corrected chi connectivity index (χ2v) is 4.24. The van der Waals surface area contributed by atoms with Crippen LogP contribution in [0.25, 0.3) is 10.1 Å².